The number of phosphoric ester groups is 1. The summed E-state index contributed by atoms with van der Waals surface area (Å²) < 4.78 is 42.1. The zero-order valence-corrected chi connectivity index (χ0v) is 16.6. The Balaban J connectivity index is 3.43. The van der Waals surface area contributed by atoms with Gasteiger partial charge in [-0.1, -0.05) is 57.9 Å². The van der Waals surface area contributed by atoms with Gasteiger partial charge in [0.25, 0.3) is 0 Å². The number of unbranched alkanes of at least 4 members (excludes halogenated alkanes) is 8. The average molecular weight is 417 g/mol. The van der Waals surface area contributed by atoms with E-state index >= 15 is 0 Å². The molecule has 154 valence electrons. The molecule has 0 radical (unpaired) electrons. The first-order chi connectivity index (χ1) is 12.6. The normalized spacial score (nSPS) is 15.7. The minimum Gasteiger partial charge on any atom is -0.463 e. The SMILES string of the molecule is [2H]C(CCCCCCCCCCCOP(=O)(O)OP(=O)(O)O)OC(=O)C=C. The van der Waals surface area contributed by atoms with Gasteiger partial charge >= 0.3 is 21.6 Å². The minimum atomic E-state index is -5.06. The molecule has 0 heterocycles. The molecule has 0 amide bonds. The highest BCUT2D eigenvalue weighted by Gasteiger charge is 2.31. The average Bonchev–Trinajstić information content (AvgIpc) is 2.53. The predicted octanol–water partition coefficient (Wildman–Crippen LogP) is 3.84. The van der Waals surface area contributed by atoms with Crippen LogP contribution in [0, 0.1) is 0 Å². The number of carbonyl (C=O) groups is 1. The van der Waals surface area contributed by atoms with E-state index in [9.17, 15) is 13.9 Å². The van der Waals surface area contributed by atoms with E-state index in [4.69, 9.17) is 20.8 Å². The van der Waals surface area contributed by atoms with E-state index in [0.717, 1.165) is 57.4 Å². The Kier molecular flexibility index (Phi) is 13.1. The number of phosphoric acid groups is 2. The largest absolute Gasteiger partial charge is 0.481 e. The molecule has 26 heavy (non-hydrogen) atoms. The summed E-state index contributed by atoms with van der Waals surface area (Å²) in [5.41, 5.74) is 0. The quantitative estimate of drug-likeness (QED) is 0.139. The van der Waals surface area contributed by atoms with Crippen molar-refractivity contribution in [2.75, 3.05) is 13.2 Å². The molecule has 0 bridgehead atoms. The van der Waals surface area contributed by atoms with Crippen LogP contribution >= 0.6 is 15.6 Å². The van der Waals surface area contributed by atoms with E-state index in [1.807, 2.05) is 0 Å². The molecule has 0 aliphatic heterocycles. The van der Waals surface area contributed by atoms with Crippen LogP contribution in [0.3, 0.4) is 0 Å². The highest BCUT2D eigenvalue weighted by Crippen LogP contribution is 2.57. The molecular weight excluding hydrogens is 386 g/mol. The lowest BCUT2D eigenvalue weighted by molar-refractivity contribution is -0.137. The van der Waals surface area contributed by atoms with Crippen molar-refractivity contribution < 1.29 is 43.5 Å². The van der Waals surface area contributed by atoms with Crippen LogP contribution in [0.4, 0.5) is 0 Å². The first-order valence-corrected chi connectivity index (χ1v) is 11.6. The van der Waals surface area contributed by atoms with Crippen molar-refractivity contribution in [1.82, 2.24) is 0 Å². The third kappa shape index (κ3) is 18.3. The van der Waals surface area contributed by atoms with Gasteiger partial charge in [0.05, 0.1) is 14.6 Å². The number of hydrogen-bond donors (Lipinski definition) is 3. The summed E-state index contributed by atoms with van der Waals surface area (Å²) in [5.74, 6) is -0.573. The summed E-state index contributed by atoms with van der Waals surface area (Å²) in [6, 6.07) is 0. The molecule has 0 aliphatic carbocycles. The monoisotopic (exact) mass is 417 g/mol. The van der Waals surface area contributed by atoms with Gasteiger partial charge in [-0.25, -0.2) is 13.9 Å². The number of ether oxygens (including phenoxy) is 1. The Morgan fingerprint density at radius 2 is 1.38 bits per heavy atom. The lowest BCUT2D eigenvalue weighted by Crippen LogP contribution is -2.01. The van der Waals surface area contributed by atoms with Crippen LogP contribution in [-0.2, 0) is 27.5 Å². The first-order valence-electron chi connectivity index (χ1n) is 9.13. The van der Waals surface area contributed by atoms with Crippen LogP contribution in [0.15, 0.2) is 12.7 Å². The Hall–Kier alpha value is -0.530. The van der Waals surface area contributed by atoms with Gasteiger partial charge in [0.2, 0.25) is 0 Å². The van der Waals surface area contributed by atoms with Gasteiger partial charge in [0, 0.05) is 6.08 Å². The molecule has 3 N–H and O–H groups in total. The molecule has 0 aromatic heterocycles. The van der Waals surface area contributed by atoms with E-state index in [0.29, 0.717) is 12.8 Å². The van der Waals surface area contributed by atoms with Crippen LogP contribution in [0.25, 0.3) is 0 Å². The Morgan fingerprint density at radius 3 is 1.85 bits per heavy atom. The molecule has 11 heteroatoms. The van der Waals surface area contributed by atoms with Crippen molar-refractivity contribution in [3.05, 3.63) is 12.7 Å². The fourth-order valence-corrected chi connectivity index (χ4v) is 3.72. The van der Waals surface area contributed by atoms with Gasteiger partial charge in [0.15, 0.2) is 0 Å². The molecule has 2 atom stereocenters. The number of esters is 1. The van der Waals surface area contributed by atoms with E-state index in [1.165, 1.54) is 0 Å². The van der Waals surface area contributed by atoms with Gasteiger partial charge in [0.1, 0.15) is 0 Å². The van der Waals surface area contributed by atoms with Crippen LogP contribution in [-0.4, -0.2) is 33.8 Å². The van der Waals surface area contributed by atoms with Crippen molar-refractivity contribution in [1.29, 1.82) is 0 Å². The van der Waals surface area contributed by atoms with Gasteiger partial charge in [-0.15, -0.1) is 0 Å². The molecule has 0 aliphatic rings. The molecule has 2 unspecified atom stereocenters. The van der Waals surface area contributed by atoms with Crippen LogP contribution < -0.4 is 0 Å². The second-order valence-corrected chi connectivity index (χ2v) is 8.48. The predicted molar refractivity (Wildman–Crippen MR) is 96.2 cm³/mol. The minimum absolute atomic E-state index is 0.113. The molecule has 0 saturated heterocycles. The number of carbonyl (C=O) groups excluding carboxylic acids is 1. The summed E-state index contributed by atoms with van der Waals surface area (Å²) in [4.78, 5) is 36.9. The number of rotatable bonds is 17. The second-order valence-electron chi connectivity index (χ2n) is 5.65. The van der Waals surface area contributed by atoms with Crippen molar-refractivity contribution >= 4 is 21.6 Å². The summed E-state index contributed by atoms with van der Waals surface area (Å²) in [7, 11) is -9.77. The summed E-state index contributed by atoms with van der Waals surface area (Å²) in [6.07, 6.45) is 9.70. The van der Waals surface area contributed by atoms with Crippen molar-refractivity contribution in [3.8, 4) is 0 Å². The third-order valence-corrected chi connectivity index (χ3v) is 5.48. The van der Waals surface area contributed by atoms with E-state index in [-0.39, 0.29) is 6.61 Å². The second kappa shape index (κ2) is 14.5. The molecular formula is C15H30O9P2. The van der Waals surface area contributed by atoms with E-state index in [1.54, 1.807) is 0 Å². The maximum atomic E-state index is 11.2. The highest BCUT2D eigenvalue weighted by atomic mass is 31.3. The first kappa shape index (κ1) is 23.5. The molecule has 9 nitrogen and oxygen atoms in total. The molecule has 0 aromatic rings. The van der Waals surface area contributed by atoms with Gasteiger partial charge in [-0.05, 0) is 12.8 Å². The standard InChI is InChI=1S/C15H30O9P2/c1-2-15(16)22-13-11-9-7-5-3-4-6-8-10-12-14-23-26(20,21)24-25(17,18)19/h2H,1,3-14H2,(H,20,21)(H2,17,18,19)/i13D. The molecule has 0 fully saturated rings. The Labute approximate surface area is 156 Å². The third-order valence-electron chi connectivity index (χ3n) is 3.30. The van der Waals surface area contributed by atoms with Crippen molar-refractivity contribution in [2.24, 2.45) is 0 Å². The maximum Gasteiger partial charge on any atom is 0.481 e. The fraction of sp³-hybridized carbons (Fsp3) is 0.800. The molecule has 0 spiro atoms. The van der Waals surface area contributed by atoms with Gasteiger partial charge < -0.3 is 19.4 Å². The van der Waals surface area contributed by atoms with Crippen LogP contribution in [0.5, 0.6) is 0 Å². The zero-order valence-electron chi connectivity index (χ0n) is 15.8. The Morgan fingerprint density at radius 1 is 0.923 bits per heavy atom. The maximum absolute atomic E-state index is 11.2. The summed E-state index contributed by atoms with van der Waals surface area (Å²) in [5, 5.41) is 0. The smallest absolute Gasteiger partial charge is 0.463 e. The van der Waals surface area contributed by atoms with E-state index in [2.05, 4.69) is 15.4 Å². The fourth-order valence-electron chi connectivity index (χ4n) is 2.09. The van der Waals surface area contributed by atoms with Gasteiger partial charge in [-0.2, -0.15) is 4.31 Å². The molecule has 0 aromatic carbocycles. The van der Waals surface area contributed by atoms with Crippen molar-refractivity contribution in [3.63, 3.8) is 0 Å². The molecule has 0 saturated carbocycles. The number of hydrogen-bond acceptors (Lipinski definition) is 6. The van der Waals surface area contributed by atoms with Crippen molar-refractivity contribution in [2.45, 2.75) is 64.2 Å². The zero-order chi connectivity index (χ0) is 20.8. The van der Waals surface area contributed by atoms with Gasteiger partial charge in [-0.3, -0.25) is 4.52 Å². The summed E-state index contributed by atoms with van der Waals surface area (Å²) in [6.45, 7) is 2.33. The lowest BCUT2D eigenvalue weighted by atomic mass is 10.1. The van der Waals surface area contributed by atoms with Crippen LogP contribution in [0.2, 0.25) is 0 Å². The highest BCUT2D eigenvalue weighted by molar-refractivity contribution is 7.60. The lowest BCUT2D eigenvalue weighted by Gasteiger charge is -2.12. The topological polar surface area (TPSA) is 140 Å². The van der Waals surface area contributed by atoms with E-state index < -0.39 is 28.2 Å². The summed E-state index contributed by atoms with van der Waals surface area (Å²) >= 11 is 0. The molecule has 0 rings (SSSR count). The van der Waals surface area contributed by atoms with Crippen LogP contribution in [0.1, 0.15) is 65.6 Å². The Bertz CT molecular complexity index is 523.